The number of amides is 1. The number of rotatable bonds is 9. The van der Waals surface area contributed by atoms with Gasteiger partial charge in [0.2, 0.25) is 15.9 Å². The monoisotopic (exact) mass is 460 g/mol. The number of hydrogen-bond acceptors (Lipinski definition) is 5. The number of aryl methyl sites for hydroxylation is 1. The summed E-state index contributed by atoms with van der Waals surface area (Å²) in [6, 6.07) is 13.6. The highest BCUT2D eigenvalue weighted by molar-refractivity contribution is 7.89. The lowest BCUT2D eigenvalue weighted by Crippen LogP contribution is -2.51. The van der Waals surface area contributed by atoms with E-state index < -0.39 is 16.1 Å². The van der Waals surface area contributed by atoms with E-state index in [0.717, 1.165) is 19.3 Å². The van der Waals surface area contributed by atoms with Crippen LogP contribution < -0.4 is 19.5 Å². The van der Waals surface area contributed by atoms with Crippen molar-refractivity contribution in [3.63, 3.8) is 0 Å². The molecule has 2 aromatic rings. The van der Waals surface area contributed by atoms with Crippen molar-refractivity contribution in [2.24, 2.45) is 5.92 Å². The molecule has 2 unspecified atom stereocenters. The third-order valence-electron chi connectivity index (χ3n) is 5.36. The van der Waals surface area contributed by atoms with Crippen molar-refractivity contribution in [3.05, 3.63) is 54.1 Å². The molecule has 0 saturated heterocycles. The number of hydrogen-bond donors (Lipinski definition) is 2. The first-order chi connectivity index (χ1) is 15.3. The van der Waals surface area contributed by atoms with Gasteiger partial charge in [-0.25, -0.2) is 8.42 Å². The van der Waals surface area contributed by atoms with Gasteiger partial charge in [0.15, 0.2) is 11.5 Å². The molecular weight excluding hydrogens is 428 g/mol. The third kappa shape index (κ3) is 6.46. The van der Waals surface area contributed by atoms with Crippen molar-refractivity contribution in [3.8, 4) is 11.5 Å². The summed E-state index contributed by atoms with van der Waals surface area (Å²) >= 11 is 0. The Morgan fingerprint density at radius 2 is 1.69 bits per heavy atom. The van der Waals surface area contributed by atoms with Gasteiger partial charge in [-0.2, -0.15) is 4.72 Å². The van der Waals surface area contributed by atoms with Gasteiger partial charge < -0.3 is 14.8 Å². The predicted molar refractivity (Wildman–Crippen MR) is 123 cm³/mol. The van der Waals surface area contributed by atoms with Crippen molar-refractivity contribution in [1.29, 1.82) is 0 Å². The zero-order valence-corrected chi connectivity index (χ0v) is 19.7. The van der Waals surface area contributed by atoms with Gasteiger partial charge >= 0.3 is 0 Å². The van der Waals surface area contributed by atoms with Crippen LogP contribution in [0.3, 0.4) is 0 Å². The van der Waals surface area contributed by atoms with Gasteiger partial charge in [-0.05, 0) is 43.4 Å². The Hall–Kier alpha value is -2.58. The Morgan fingerprint density at radius 1 is 1.00 bits per heavy atom. The summed E-state index contributed by atoms with van der Waals surface area (Å²) in [5, 5.41) is 2.95. The SMILES string of the molecule is CC(CCc1ccccc1)NC(=O)C(NS(=O)(=O)c1ccc2c(c1)OCCCO2)C(C)C. The Balaban J connectivity index is 1.65. The Bertz CT molecular complexity index is 1010. The largest absolute Gasteiger partial charge is 0.490 e. The molecule has 3 rings (SSSR count). The summed E-state index contributed by atoms with van der Waals surface area (Å²) in [4.78, 5) is 13.0. The second kappa shape index (κ2) is 10.8. The highest BCUT2D eigenvalue weighted by Gasteiger charge is 2.29. The zero-order chi connectivity index (χ0) is 23.1. The first kappa shape index (κ1) is 24.1. The molecule has 1 amide bonds. The molecule has 174 valence electrons. The molecule has 2 N–H and O–H groups in total. The molecule has 1 heterocycles. The highest BCUT2D eigenvalue weighted by Crippen LogP contribution is 2.32. The second-order valence-electron chi connectivity index (χ2n) is 8.44. The normalized spacial score (nSPS) is 15.6. The summed E-state index contributed by atoms with van der Waals surface area (Å²) in [7, 11) is -3.93. The predicted octanol–water partition coefficient (Wildman–Crippen LogP) is 3.29. The molecule has 0 bridgehead atoms. The summed E-state index contributed by atoms with van der Waals surface area (Å²) in [6.07, 6.45) is 2.32. The molecule has 1 aliphatic rings. The average molecular weight is 461 g/mol. The van der Waals surface area contributed by atoms with E-state index in [9.17, 15) is 13.2 Å². The molecule has 0 fully saturated rings. The van der Waals surface area contributed by atoms with Crippen LogP contribution in [0.5, 0.6) is 11.5 Å². The molecule has 0 radical (unpaired) electrons. The number of carbonyl (C=O) groups excluding carboxylic acids is 1. The van der Waals surface area contributed by atoms with Crippen LogP contribution in [0.4, 0.5) is 0 Å². The van der Waals surface area contributed by atoms with Crippen LogP contribution in [0.1, 0.15) is 39.2 Å². The van der Waals surface area contributed by atoms with Gasteiger partial charge in [-0.3, -0.25) is 4.79 Å². The first-order valence-corrected chi connectivity index (χ1v) is 12.5. The topological polar surface area (TPSA) is 93.7 Å². The van der Waals surface area contributed by atoms with Gasteiger partial charge in [0, 0.05) is 18.5 Å². The van der Waals surface area contributed by atoms with E-state index >= 15 is 0 Å². The number of sulfonamides is 1. The van der Waals surface area contributed by atoms with Crippen LogP contribution in [-0.4, -0.2) is 39.6 Å². The van der Waals surface area contributed by atoms with Gasteiger partial charge in [-0.15, -0.1) is 0 Å². The summed E-state index contributed by atoms with van der Waals surface area (Å²) < 4.78 is 39.8. The van der Waals surface area contributed by atoms with Crippen LogP contribution in [-0.2, 0) is 21.2 Å². The van der Waals surface area contributed by atoms with E-state index in [1.165, 1.54) is 17.7 Å². The van der Waals surface area contributed by atoms with Crippen molar-refractivity contribution in [2.75, 3.05) is 13.2 Å². The van der Waals surface area contributed by atoms with Crippen LogP contribution >= 0.6 is 0 Å². The molecule has 1 aliphatic heterocycles. The number of fused-ring (bicyclic) bond motifs is 1. The number of ether oxygens (including phenoxy) is 2. The van der Waals surface area contributed by atoms with E-state index in [1.807, 2.05) is 39.0 Å². The number of benzene rings is 2. The van der Waals surface area contributed by atoms with Gasteiger partial charge in [0.05, 0.1) is 18.1 Å². The average Bonchev–Trinajstić information content (AvgIpc) is 3.01. The fraction of sp³-hybridized carbons (Fsp3) is 0.458. The first-order valence-electron chi connectivity index (χ1n) is 11.0. The van der Waals surface area contributed by atoms with E-state index in [4.69, 9.17) is 9.47 Å². The standard InChI is InChI=1S/C24H32N2O5S/c1-17(2)23(24(27)25-18(3)10-11-19-8-5-4-6-9-19)26-32(28,29)20-12-13-21-22(16-20)31-15-7-14-30-21/h4-6,8-9,12-13,16-18,23,26H,7,10-11,14-15H2,1-3H3,(H,25,27). The fourth-order valence-corrected chi connectivity index (χ4v) is 4.83. The van der Waals surface area contributed by atoms with Crippen LogP contribution in [0.15, 0.2) is 53.4 Å². The Morgan fingerprint density at radius 3 is 2.38 bits per heavy atom. The Kier molecular flexibility index (Phi) is 8.15. The number of carbonyl (C=O) groups is 1. The summed E-state index contributed by atoms with van der Waals surface area (Å²) in [5.41, 5.74) is 1.20. The molecule has 0 spiro atoms. The van der Waals surface area contributed by atoms with Gasteiger partial charge in [0.25, 0.3) is 0 Å². The highest BCUT2D eigenvalue weighted by atomic mass is 32.2. The van der Waals surface area contributed by atoms with Crippen molar-refractivity contribution >= 4 is 15.9 Å². The van der Waals surface area contributed by atoms with E-state index in [0.29, 0.717) is 24.7 Å². The minimum Gasteiger partial charge on any atom is -0.490 e. The fourth-order valence-electron chi connectivity index (χ4n) is 3.47. The van der Waals surface area contributed by atoms with Crippen molar-refractivity contribution < 1.29 is 22.7 Å². The maximum absolute atomic E-state index is 13.0. The van der Waals surface area contributed by atoms with E-state index in [-0.39, 0.29) is 22.8 Å². The molecule has 8 heteroatoms. The Labute approximate surface area is 190 Å². The third-order valence-corrected chi connectivity index (χ3v) is 6.80. The molecule has 2 aromatic carbocycles. The van der Waals surface area contributed by atoms with Crippen LogP contribution in [0.25, 0.3) is 0 Å². The van der Waals surface area contributed by atoms with Crippen molar-refractivity contribution in [1.82, 2.24) is 10.0 Å². The number of nitrogens with one attached hydrogen (secondary N) is 2. The molecule has 32 heavy (non-hydrogen) atoms. The lowest BCUT2D eigenvalue weighted by molar-refractivity contribution is -0.124. The minimum atomic E-state index is -3.93. The summed E-state index contributed by atoms with van der Waals surface area (Å²) in [5.74, 6) is 0.349. The van der Waals surface area contributed by atoms with Crippen LogP contribution in [0.2, 0.25) is 0 Å². The second-order valence-corrected chi connectivity index (χ2v) is 10.1. The maximum atomic E-state index is 13.0. The molecule has 0 aromatic heterocycles. The molecular formula is C24H32N2O5S. The quantitative estimate of drug-likeness (QED) is 0.599. The van der Waals surface area contributed by atoms with E-state index in [2.05, 4.69) is 22.2 Å². The molecule has 0 aliphatic carbocycles. The zero-order valence-electron chi connectivity index (χ0n) is 18.8. The van der Waals surface area contributed by atoms with E-state index in [1.54, 1.807) is 6.07 Å². The molecule has 7 nitrogen and oxygen atoms in total. The lowest BCUT2D eigenvalue weighted by Gasteiger charge is -2.24. The van der Waals surface area contributed by atoms with Gasteiger partial charge in [-0.1, -0.05) is 44.2 Å². The van der Waals surface area contributed by atoms with Crippen LogP contribution in [0, 0.1) is 5.92 Å². The maximum Gasteiger partial charge on any atom is 0.241 e. The minimum absolute atomic E-state index is 0.0392. The lowest BCUT2D eigenvalue weighted by atomic mass is 10.0. The molecule has 2 atom stereocenters. The van der Waals surface area contributed by atoms with Gasteiger partial charge in [0.1, 0.15) is 6.04 Å². The van der Waals surface area contributed by atoms with Crippen molar-refractivity contribution in [2.45, 2.75) is 57.0 Å². The molecule has 0 saturated carbocycles. The smallest absolute Gasteiger partial charge is 0.241 e. The summed E-state index contributed by atoms with van der Waals surface area (Å²) in [6.45, 7) is 6.54.